The minimum Gasteiger partial charge on any atom is -0.263 e. The van der Waals surface area contributed by atoms with Crippen LogP contribution in [0.1, 0.15) is 62.8 Å². The minimum absolute atomic E-state index is 0.0220. The highest BCUT2D eigenvalue weighted by Gasteiger charge is 2.18. The predicted octanol–water partition coefficient (Wildman–Crippen LogP) is 1.98. The standard InChI is InChI=1S/C12H20N6/c1-4-6-9-13-11(17-15-9)8(3)12-14-10(7-5-2)16-18-12/h8H,4-7H2,1-3H3,(H,13,15,17)(H,14,16,18). The van der Waals surface area contributed by atoms with E-state index >= 15 is 0 Å². The zero-order valence-corrected chi connectivity index (χ0v) is 11.2. The number of aromatic nitrogens is 6. The Labute approximate surface area is 107 Å². The molecule has 0 saturated carbocycles. The number of nitrogens with zero attached hydrogens (tertiary/aromatic N) is 4. The van der Waals surface area contributed by atoms with Crippen LogP contribution in [0.5, 0.6) is 0 Å². The molecule has 0 aromatic carbocycles. The average molecular weight is 248 g/mol. The van der Waals surface area contributed by atoms with Gasteiger partial charge in [0.15, 0.2) is 11.6 Å². The maximum absolute atomic E-state index is 4.47. The van der Waals surface area contributed by atoms with Gasteiger partial charge in [-0.15, -0.1) is 0 Å². The van der Waals surface area contributed by atoms with Crippen molar-refractivity contribution in [1.29, 1.82) is 0 Å². The summed E-state index contributed by atoms with van der Waals surface area (Å²) in [6, 6.07) is 0. The van der Waals surface area contributed by atoms with Crippen LogP contribution in [0.2, 0.25) is 0 Å². The molecule has 0 bridgehead atoms. The summed E-state index contributed by atoms with van der Waals surface area (Å²) in [5, 5.41) is 14.4. The Kier molecular flexibility index (Phi) is 4.07. The predicted molar refractivity (Wildman–Crippen MR) is 68.3 cm³/mol. The Morgan fingerprint density at radius 1 is 0.889 bits per heavy atom. The van der Waals surface area contributed by atoms with Crippen LogP contribution in [0, 0.1) is 0 Å². The zero-order chi connectivity index (χ0) is 13.0. The van der Waals surface area contributed by atoms with E-state index in [0.717, 1.165) is 49.0 Å². The van der Waals surface area contributed by atoms with Crippen molar-refractivity contribution in [3.63, 3.8) is 0 Å². The maximum atomic E-state index is 4.47. The van der Waals surface area contributed by atoms with Crippen molar-refractivity contribution in [2.45, 2.75) is 52.4 Å². The van der Waals surface area contributed by atoms with Crippen molar-refractivity contribution >= 4 is 0 Å². The van der Waals surface area contributed by atoms with E-state index in [1.807, 2.05) is 6.92 Å². The summed E-state index contributed by atoms with van der Waals surface area (Å²) in [6.45, 7) is 6.27. The number of aromatic amines is 2. The first-order valence-corrected chi connectivity index (χ1v) is 6.56. The maximum Gasteiger partial charge on any atom is 0.161 e. The summed E-state index contributed by atoms with van der Waals surface area (Å²) in [4.78, 5) is 8.94. The molecule has 2 aromatic heterocycles. The fraction of sp³-hybridized carbons (Fsp3) is 0.667. The van der Waals surface area contributed by atoms with Crippen molar-refractivity contribution in [2.75, 3.05) is 0 Å². The van der Waals surface area contributed by atoms with E-state index in [2.05, 4.69) is 44.2 Å². The summed E-state index contributed by atoms with van der Waals surface area (Å²) in [6.07, 6.45) is 3.97. The Bertz CT molecular complexity index is 442. The molecule has 2 N–H and O–H groups in total. The molecule has 0 spiro atoms. The SMILES string of the molecule is CCCc1nc(C(C)c2n[nH]c(CCC)n2)n[nH]1. The van der Waals surface area contributed by atoms with Crippen molar-refractivity contribution in [3.8, 4) is 0 Å². The van der Waals surface area contributed by atoms with E-state index in [-0.39, 0.29) is 5.92 Å². The first kappa shape index (κ1) is 12.7. The topological polar surface area (TPSA) is 83.1 Å². The van der Waals surface area contributed by atoms with Gasteiger partial charge in [0, 0.05) is 12.8 Å². The second-order valence-corrected chi connectivity index (χ2v) is 4.50. The van der Waals surface area contributed by atoms with Crippen LogP contribution in [-0.2, 0) is 12.8 Å². The van der Waals surface area contributed by atoms with Gasteiger partial charge in [0.25, 0.3) is 0 Å². The van der Waals surface area contributed by atoms with Gasteiger partial charge in [0.05, 0.1) is 5.92 Å². The van der Waals surface area contributed by atoms with Gasteiger partial charge in [-0.25, -0.2) is 9.97 Å². The number of hydrogen-bond acceptors (Lipinski definition) is 4. The van der Waals surface area contributed by atoms with E-state index in [0.29, 0.717) is 0 Å². The third-order valence-electron chi connectivity index (χ3n) is 2.85. The van der Waals surface area contributed by atoms with Crippen LogP contribution < -0.4 is 0 Å². The molecular weight excluding hydrogens is 228 g/mol. The number of aryl methyl sites for hydroxylation is 2. The Hall–Kier alpha value is -1.72. The highest BCUT2D eigenvalue weighted by atomic mass is 15.2. The van der Waals surface area contributed by atoms with Gasteiger partial charge in [-0.05, 0) is 19.8 Å². The molecule has 0 fully saturated rings. The van der Waals surface area contributed by atoms with Gasteiger partial charge in [-0.3, -0.25) is 10.2 Å². The largest absolute Gasteiger partial charge is 0.263 e. The van der Waals surface area contributed by atoms with E-state index in [9.17, 15) is 0 Å². The summed E-state index contributed by atoms with van der Waals surface area (Å²) in [5.74, 6) is 3.42. The van der Waals surface area contributed by atoms with Crippen molar-refractivity contribution in [1.82, 2.24) is 30.4 Å². The normalized spacial score (nSPS) is 11.3. The lowest BCUT2D eigenvalue weighted by molar-refractivity contribution is 0.759. The number of hydrogen-bond donors (Lipinski definition) is 2. The fourth-order valence-corrected chi connectivity index (χ4v) is 1.82. The number of rotatable bonds is 6. The monoisotopic (exact) mass is 248 g/mol. The Morgan fingerprint density at radius 3 is 1.72 bits per heavy atom. The first-order valence-electron chi connectivity index (χ1n) is 6.56. The van der Waals surface area contributed by atoms with E-state index < -0.39 is 0 Å². The van der Waals surface area contributed by atoms with Crippen LogP contribution in [-0.4, -0.2) is 30.4 Å². The molecule has 0 amide bonds. The highest BCUT2D eigenvalue weighted by Crippen LogP contribution is 2.17. The van der Waals surface area contributed by atoms with E-state index in [1.165, 1.54) is 0 Å². The van der Waals surface area contributed by atoms with Gasteiger partial charge in [-0.2, -0.15) is 10.2 Å². The zero-order valence-electron chi connectivity index (χ0n) is 11.2. The van der Waals surface area contributed by atoms with Gasteiger partial charge < -0.3 is 0 Å². The molecule has 2 rings (SSSR count). The minimum atomic E-state index is 0.0220. The van der Waals surface area contributed by atoms with Crippen LogP contribution >= 0.6 is 0 Å². The van der Waals surface area contributed by atoms with Gasteiger partial charge in [-0.1, -0.05) is 13.8 Å². The molecule has 0 radical (unpaired) electrons. The fourth-order valence-electron chi connectivity index (χ4n) is 1.82. The van der Waals surface area contributed by atoms with Crippen molar-refractivity contribution in [2.24, 2.45) is 0 Å². The summed E-state index contributed by atoms with van der Waals surface area (Å²) in [5.41, 5.74) is 0. The van der Waals surface area contributed by atoms with Crippen molar-refractivity contribution in [3.05, 3.63) is 23.3 Å². The van der Waals surface area contributed by atoms with Gasteiger partial charge >= 0.3 is 0 Å². The molecule has 18 heavy (non-hydrogen) atoms. The average Bonchev–Trinajstić information content (AvgIpc) is 2.98. The number of nitrogens with one attached hydrogen (secondary N) is 2. The lowest BCUT2D eigenvalue weighted by Crippen LogP contribution is -2.01. The third-order valence-corrected chi connectivity index (χ3v) is 2.85. The molecule has 0 unspecified atom stereocenters. The van der Waals surface area contributed by atoms with Crippen LogP contribution in [0.25, 0.3) is 0 Å². The van der Waals surface area contributed by atoms with E-state index in [1.54, 1.807) is 0 Å². The Morgan fingerprint density at radius 2 is 1.33 bits per heavy atom. The van der Waals surface area contributed by atoms with Crippen LogP contribution in [0.3, 0.4) is 0 Å². The van der Waals surface area contributed by atoms with Crippen LogP contribution in [0.15, 0.2) is 0 Å². The second kappa shape index (κ2) is 5.75. The first-order chi connectivity index (χ1) is 8.74. The molecule has 0 aliphatic carbocycles. The quantitative estimate of drug-likeness (QED) is 0.818. The van der Waals surface area contributed by atoms with Crippen LogP contribution in [0.4, 0.5) is 0 Å². The van der Waals surface area contributed by atoms with Gasteiger partial charge in [0.1, 0.15) is 11.6 Å². The lowest BCUT2D eigenvalue weighted by Gasteiger charge is -2.00. The molecule has 0 aliphatic rings. The molecule has 0 saturated heterocycles. The molecule has 0 atom stereocenters. The molecule has 0 aliphatic heterocycles. The summed E-state index contributed by atoms with van der Waals surface area (Å²) >= 11 is 0. The highest BCUT2D eigenvalue weighted by molar-refractivity contribution is 5.09. The summed E-state index contributed by atoms with van der Waals surface area (Å²) in [7, 11) is 0. The van der Waals surface area contributed by atoms with Gasteiger partial charge in [0.2, 0.25) is 0 Å². The van der Waals surface area contributed by atoms with Crippen molar-refractivity contribution < 1.29 is 0 Å². The smallest absolute Gasteiger partial charge is 0.161 e. The third kappa shape index (κ3) is 2.75. The summed E-state index contributed by atoms with van der Waals surface area (Å²) < 4.78 is 0. The number of H-pyrrole nitrogens is 2. The molecule has 2 aromatic rings. The second-order valence-electron chi connectivity index (χ2n) is 4.50. The molecule has 6 heteroatoms. The lowest BCUT2D eigenvalue weighted by atomic mass is 10.1. The molecular formula is C12H20N6. The Balaban J connectivity index is 2.10. The molecule has 2 heterocycles. The molecule has 6 nitrogen and oxygen atoms in total. The molecule has 98 valence electrons. The van der Waals surface area contributed by atoms with E-state index in [4.69, 9.17) is 0 Å².